The number of nitro benzene ring substituents is 1. The van der Waals surface area contributed by atoms with Crippen molar-refractivity contribution in [2.45, 2.75) is 19.1 Å². The van der Waals surface area contributed by atoms with Gasteiger partial charge < -0.3 is 15.2 Å². The van der Waals surface area contributed by atoms with Crippen molar-refractivity contribution in [3.8, 4) is 0 Å². The predicted octanol–water partition coefficient (Wildman–Crippen LogP) is 1.74. The molecule has 0 aliphatic rings. The number of halogens is 1. The minimum atomic E-state index is -0.543. The average molecular weight is 289 g/mol. The molecule has 0 bridgehead atoms. The minimum absolute atomic E-state index is 0.00237. The fourth-order valence-electron chi connectivity index (χ4n) is 1.65. The molecule has 0 radical (unpaired) electrons. The van der Waals surface area contributed by atoms with Crippen molar-refractivity contribution in [2.75, 3.05) is 20.3 Å². The summed E-state index contributed by atoms with van der Waals surface area (Å²) >= 11 is 5.95. The third-order valence-corrected chi connectivity index (χ3v) is 2.96. The third kappa shape index (κ3) is 5.12. The molecule has 1 aromatic rings. The average Bonchev–Trinajstić information content (AvgIpc) is 2.36. The summed E-state index contributed by atoms with van der Waals surface area (Å²) in [4.78, 5) is 10.4. The first kappa shape index (κ1) is 15.8. The van der Waals surface area contributed by atoms with E-state index >= 15 is 0 Å². The molecule has 1 aromatic carbocycles. The lowest BCUT2D eigenvalue weighted by molar-refractivity contribution is -0.385. The Labute approximate surface area is 116 Å². The van der Waals surface area contributed by atoms with E-state index in [0.29, 0.717) is 23.6 Å². The summed E-state index contributed by atoms with van der Waals surface area (Å²) in [5, 5.41) is 23.7. The number of aliphatic hydroxyl groups excluding tert-OH is 1. The number of methoxy groups -OCH3 is 1. The molecule has 0 spiro atoms. The third-order valence-electron chi connectivity index (χ3n) is 2.61. The Morgan fingerprint density at radius 2 is 2.32 bits per heavy atom. The normalized spacial score (nSPS) is 12.4. The fourth-order valence-corrected chi connectivity index (χ4v) is 1.89. The first-order chi connectivity index (χ1) is 9.06. The topological polar surface area (TPSA) is 84.6 Å². The summed E-state index contributed by atoms with van der Waals surface area (Å²) in [7, 11) is 1.52. The van der Waals surface area contributed by atoms with Crippen LogP contribution in [0.2, 0.25) is 5.02 Å². The molecule has 2 N–H and O–H groups in total. The Bertz CT molecular complexity index is 428. The van der Waals surface area contributed by atoms with Gasteiger partial charge in [-0.2, -0.15) is 0 Å². The van der Waals surface area contributed by atoms with Crippen LogP contribution < -0.4 is 5.32 Å². The smallest absolute Gasteiger partial charge is 0.275 e. The van der Waals surface area contributed by atoms with Gasteiger partial charge in [-0.15, -0.1) is 0 Å². The van der Waals surface area contributed by atoms with Crippen LogP contribution >= 0.6 is 11.6 Å². The number of rotatable bonds is 8. The summed E-state index contributed by atoms with van der Waals surface area (Å²) in [6.45, 7) is 1.08. The highest BCUT2D eigenvalue weighted by Crippen LogP contribution is 2.25. The zero-order valence-electron chi connectivity index (χ0n) is 10.6. The second-order valence-electron chi connectivity index (χ2n) is 4.07. The van der Waals surface area contributed by atoms with Crippen molar-refractivity contribution >= 4 is 17.3 Å². The lowest BCUT2D eigenvalue weighted by atomic mass is 10.1. The van der Waals surface area contributed by atoms with Gasteiger partial charge >= 0.3 is 0 Å². The number of hydrogen-bond donors (Lipinski definition) is 2. The van der Waals surface area contributed by atoms with E-state index in [9.17, 15) is 15.2 Å². The van der Waals surface area contributed by atoms with Crippen LogP contribution in [-0.2, 0) is 11.3 Å². The van der Waals surface area contributed by atoms with Crippen LogP contribution in [0.5, 0.6) is 0 Å². The van der Waals surface area contributed by atoms with Gasteiger partial charge in [0.1, 0.15) is 0 Å². The Kier molecular flexibility index (Phi) is 6.72. The maximum Gasteiger partial charge on any atom is 0.275 e. The summed E-state index contributed by atoms with van der Waals surface area (Å²) in [6.07, 6.45) is -0.0368. The standard InChI is InChI=1S/C12H17ClN2O4/c1-19-8-9(16)5-6-14-7-10-11(13)3-2-4-12(10)15(17)18/h2-4,9,14,16H,5-8H2,1H3. The van der Waals surface area contributed by atoms with Crippen LogP contribution in [0, 0.1) is 10.1 Å². The van der Waals surface area contributed by atoms with Crippen LogP contribution in [0.15, 0.2) is 18.2 Å². The van der Waals surface area contributed by atoms with Crippen LogP contribution in [0.4, 0.5) is 5.69 Å². The predicted molar refractivity (Wildman–Crippen MR) is 72.3 cm³/mol. The van der Waals surface area contributed by atoms with E-state index in [1.165, 1.54) is 13.2 Å². The lowest BCUT2D eigenvalue weighted by Crippen LogP contribution is -2.23. The SMILES string of the molecule is COCC(O)CCNCc1c(Cl)cccc1[N+](=O)[O-]. The van der Waals surface area contributed by atoms with Gasteiger partial charge in [-0.3, -0.25) is 10.1 Å². The number of aliphatic hydroxyl groups is 1. The number of benzene rings is 1. The monoisotopic (exact) mass is 288 g/mol. The molecule has 106 valence electrons. The molecule has 0 aliphatic carbocycles. The van der Waals surface area contributed by atoms with Gasteiger partial charge in [0.2, 0.25) is 0 Å². The van der Waals surface area contributed by atoms with Crippen LogP contribution in [0.1, 0.15) is 12.0 Å². The molecule has 6 nitrogen and oxygen atoms in total. The van der Waals surface area contributed by atoms with Crippen molar-refractivity contribution in [1.82, 2.24) is 5.32 Å². The van der Waals surface area contributed by atoms with Crippen LogP contribution in [0.3, 0.4) is 0 Å². The second kappa shape index (κ2) is 8.06. The van der Waals surface area contributed by atoms with Crippen molar-refractivity contribution in [3.05, 3.63) is 38.9 Å². The minimum Gasteiger partial charge on any atom is -0.391 e. The Balaban J connectivity index is 2.51. The maximum absolute atomic E-state index is 10.9. The number of hydrogen-bond acceptors (Lipinski definition) is 5. The van der Waals surface area contributed by atoms with E-state index in [1.54, 1.807) is 12.1 Å². The zero-order chi connectivity index (χ0) is 14.3. The molecule has 1 unspecified atom stereocenters. The Morgan fingerprint density at radius 1 is 1.58 bits per heavy atom. The maximum atomic E-state index is 10.9. The van der Waals surface area contributed by atoms with Crippen molar-refractivity contribution < 1.29 is 14.8 Å². The molecule has 0 fully saturated rings. The number of nitrogens with zero attached hydrogens (tertiary/aromatic N) is 1. The van der Waals surface area contributed by atoms with Gasteiger partial charge in [0.25, 0.3) is 5.69 Å². The van der Waals surface area contributed by atoms with E-state index in [2.05, 4.69) is 5.32 Å². The Morgan fingerprint density at radius 3 is 2.95 bits per heavy atom. The summed E-state index contributed by atoms with van der Waals surface area (Å²) < 4.78 is 4.80. The molecule has 1 rings (SSSR count). The fraction of sp³-hybridized carbons (Fsp3) is 0.500. The zero-order valence-corrected chi connectivity index (χ0v) is 11.4. The summed E-state index contributed by atoms with van der Waals surface area (Å²) in [5.74, 6) is 0. The number of ether oxygens (including phenoxy) is 1. The van der Waals surface area contributed by atoms with Crippen LogP contribution in [-0.4, -0.2) is 36.4 Å². The van der Waals surface area contributed by atoms with Gasteiger partial charge in [0.05, 0.1) is 28.2 Å². The van der Waals surface area contributed by atoms with Gasteiger partial charge in [-0.25, -0.2) is 0 Å². The molecular weight excluding hydrogens is 272 g/mol. The summed E-state index contributed by atoms with van der Waals surface area (Å²) in [5.41, 5.74) is 0.452. The quantitative estimate of drug-likeness (QED) is 0.432. The van der Waals surface area contributed by atoms with E-state index in [0.717, 1.165) is 0 Å². The van der Waals surface area contributed by atoms with Gasteiger partial charge in [0.15, 0.2) is 0 Å². The molecule has 0 aliphatic heterocycles. The molecular formula is C12H17ClN2O4. The molecule has 1 atom stereocenters. The first-order valence-corrected chi connectivity index (χ1v) is 6.23. The number of nitro groups is 1. The van der Waals surface area contributed by atoms with Crippen molar-refractivity contribution in [1.29, 1.82) is 0 Å². The number of nitrogens with one attached hydrogen (secondary N) is 1. The van der Waals surface area contributed by atoms with E-state index < -0.39 is 11.0 Å². The van der Waals surface area contributed by atoms with Gasteiger partial charge in [-0.1, -0.05) is 17.7 Å². The molecule has 0 heterocycles. The summed E-state index contributed by atoms with van der Waals surface area (Å²) in [6, 6.07) is 4.58. The molecule has 0 saturated heterocycles. The highest BCUT2D eigenvalue weighted by Gasteiger charge is 2.15. The van der Waals surface area contributed by atoms with E-state index in [4.69, 9.17) is 16.3 Å². The van der Waals surface area contributed by atoms with Gasteiger partial charge in [0, 0.05) is 19.7 Å². The molecule has 0 aromatic heterocycles. The molecule has 7 heteroatoms. The highest BCUT2D eigenvalue weighted by molar-refractivity contribution is 6.31. The molecule has 19 heavy (non-hydrogen) atoms. The van der Waals surface area contributed by atoms with Crippen molar-refractivity contribution in [2.24, 2.45) is 0 Å². The Hall–Kier alpha value is -1.21. The van der Waals surface area contributed by atoms with E-state index in [1.807, 2.05) is 0 Å². The van der Waals surface area contributed by atoms with Crippen LogP contribution in [0.25, 0.3) is 0 Å². The molecule has 0 saturated carbocycles. The lowest BCUT2D eigenvalue weighted by Gasteiger charge is -2.10. The largest absolute Gasteiger partial charge is 0.391 e. The second-order valence-corrected chi connectivity index (χ2v) is 4.48. The van der Waals surface area contributed by atoms with E-state index in [-0.39, 0.29) is 18.8 Å². The van der Waals surface area contributed by atoms with Gasteiger partial charge in [-0.05, 0) is 19.0 Å². The highest BCUT2D eigenvalue weighted by atomic mass is 35.5. The van der Waals surface area contributed by atoms with Crippen molar-refractivity contribution in [3.63, 3.8) is 0 Å². The first-order valence-electron chi connectivity index (χ1n) is 5.85. The molecule has 0 amide bonds.